The van der Waals surface area contributed by atoms with Crippen LogP contribution < -0.4 is 0 Å². The lowest BCUT2D eigenvalue weighted by molar-refractivity contribution is -0.380. The average molecular weight is 444 g/mol. The zero-order chi connectivity index (χ0) is 22.6. The summed E-state index contributed by atoms with van der Waals surface area (Å²) in [4.78, 5) is 0. The van der Waals surface area contributed by atoms with Gasteiger partial charge in [0.2, 0.25) is 0 Å². The molecule has 8 N–H and O–H groups in total. The summed E-state index contributed by atoms with van der Waals surface area (Å²) in [6, 6.07) is 0. The van der Waals surface area contributed by atoms with Crippen LogP contribution in [0.2, 0.25) is 0 Å². The van der Waals surface area contributed by atoms with E-state index in [4.69, 9.17) is 23.7 Å². The summed E-state index contributed by atoms with van der Waals surface area (Å²) in [5.74, 6) is 0. The number of methoxy groups -OCH3 is 1. The van der Waals surface area contributed by atoms with Crippen molar-refractivity contribution >= 4 is 0 Å². The van der Waals surface area contributed by atoms with Crippen molar-refractivity contribution < 1.29 is 64.5 Å². The van der Waals surface area contributed by atoms with E-state index in [1.807, 2.05) is 0 Å². The van der Waals surface area contributed by atoms with Crippen molar-refractivity contribution in [3.8, 4) is 0 Å². The Kier molecular flexibility index (Phi) is 9.76. The van der Waals surface area contributed by atoms with Gasteiger partial charge in [0.15, 0.2) is 18.9 Å². The van der Waals surface area contributed by atoms with Gasteiger partial charge in [0.05, 0.1) is 19.3 Å². The molecule has 13 heteroatoms. The van der Waals surface area contributed by atoms with Crippen LogP contribution >= 0.6 is 0 Å². The lowest BCUT2D eigenvalue weighted by Gasteiger charge is -2.43. The first kappa shape index (κ1) is 25.7. The third-order valence-corrected chi connectivity index (χ3v) is 5.20. The highest BCUT2D eigenvalue weighted by Gasteiger charge is 2.47. The van der Waals surface area contributed by atoms with Crippen LogP contribution in [0, 0.1) is 0 Å². The van der Waals surface area contributed by atoms with Gasteiger partial charge in [0, 0.05) is 13.5 Å². The number of aliphatic hydroxyl groups is 8. The Hall–Kier alpha value is -0.520. The minimum atomic E-state index is -1.69. The molecule has 0 aromatic rings. The summed E-state index contributed by atoms with van der Waals surface area (Å²) in [5, 5.41) is 78.5. The summed E-state index contributed by atoms with van der Waals surface area (Å²) < 4.78 is 26.8. The van der Waals surface area contributed by atoms with Gasteiger partial charge in [0.1, 0.15) is 48.8 Å². The first-order valence-electron chi connectivity index (χ1n) is 9.59. The highest BCUT2D eigenvalue weighted by Crippen LogP contribution is 2.28. The molecule has 0 bridgehead atoms. The Labute approximate surface area is 172 Å². The summed E-state index contributed by atoms with van der Waals surface area (Å²) in [7, 11) is 1.42. The van der Waals surface area contributed by atoms with Gasteiger partial charge < -0.3 is 64.5 Å². The number of rotatable bonds is 9. The second-order valence-electron chi connectivity index (χ2n) is 7.38. The molecule has 2 heterocycles. The highest BCUT2D eigenvalue weighted by atomic mass is 16.8. The molecule has 0 aromatic carbocycles. The maximum absolute atomic E-state index is 10.2. The maximum atomic E-state index is 10.2. The molecule has 2 aliphatic rings. The van der Waals surface area contributed by atoms with Gasteiger partial charge in [0.25, 0.3) is 0 Å². The summed E-state index contributed by atoms with van der Waals surface area (Å²) in [6.45, 7) is 0.356. The third-order valence-electron chi connectivity index (χ3n) is 5.20. The summed E-state index contributed by atoms with van der Waals surface area (Å²) in [6.07, 6.45) is -17.1. The highest BCUT2D eigenvalue weighted by molar-refractivity contribution is 4.90. The molecule has 2 saturated heterocycles. The van der Waals surface area contributed by atoms with Crippen LogP contribution in [-0.4, -0.2) is 135 Å². The Balaban J connectivity index is 2.13. The Bertz CT molecular complexity index is 468. The van der Waals surface area contributed by atoms with E-state index in [2.05, 4.69) is 0 Å². The number of hydrogen-bond acceptors (Lipinski definition) is 13. The molecule has 2 aliphatic heterocycles. The van der Waals surface area contributed by atoms with E-state index in [1.54, 1.807) is 6.92 Å². The van der Waals surface area contributed by atoms with Crippen LogP contribution in [0.25, 0.3) is 0 Å². The molecule has 0 aliphatic carbocycles. The first-order chi connectivity index (χ1) is 14.1. The second-order valence-corrected chi connectivity index (χ2v) is 7.38. The van der Waals surface area contributed by atoms with E-state index >= 15 is 0 Å². The van der Waals surface area contributed by atoms with Crippen molar-refractivity contribution in [2.24, 2.45) is 0 Å². The van der Waals surface area contributed by atoms with E-state index in [-0.39, 0.29) is 6.42 Å². The predicted octanol–water partition coefficient (Wildman–Crippen LogP) is -4.63. The van der Waals surface area contributed by atoms with Crippen LogP contribution in [0.15, 0.2) is 0 Å². The van der Waals surface area contributed by atoms with Crippen LogP contribution in [-0.2, 0) is 23.7 Å². The minimum absolute atomic E-state index is 0.0144. The molecule has 0 aromatic heterocycles. The number of ether oxygens (including phenoxy) is 5. The van der Waals surface area contributed by atoms with E-state index in [0.717, 1.165) is 0 Å². The predicted molar refractivity (Wildman–Crippen MR) is 94.6 cm³/mol. The van der Waals surface area contributed by atoms with Crippen molar-refractivity contribution in [3.63, 3.8) is 0 Å². The molecule has 0 radical (unpaired) electrons. The van der Waals surface area contributed by atoms with Gasteiger partial charge in [-0.25, -0.2) is 0 Å². The van der Waals surface area contributed by atoms with E-state index in [1.165, 1.54) is 7.11 Å². The lowest BCUT2D eigenvalue weighted by Crippen LogP contribution is -2.61. The average Bonchev–Trinajstić information content (AvgIpc) is 2.74. The Morgan fingerprint density at radius 2 is 1.10 bits per heavy atom. The van der Waals surface area contributed by atoms with Gasteiger partial charge in [-0.1, -0.05) is 0 Å². The van der Waals surface area contributed by atoms with Gasteiger partial charge >= 0.3 is 0 Å². The van der Waals surface area contributed by atoms with Gasteiger partial charge in [-0.3, -0.25) is 0 Å². The zero-order valence-corrected chi connectivity index (χ0v) is 16.7. The fourth-order valence-corrected chi connectivity index (χ4v) is 3.17. The monoisotopic (exact) mass is 444 g/mol. The fraction of sp³-hybridized carbons (Fsp3) is 1.00. The fourth-order valence-electron chi connectivity index (χ4n) is 3.17. The standard InChI is InChI=1S/C17H32O13/c1-6(26-2)3-9(29-16-14(24)12(22)10(20)7(4-18)27-16)30-17-15(25)13(23)11(21)8(5-19)28-17/h6-25H,3-5H2,1-2H3/t6?,7-,8-,9?,10-,11-,12+,13+,14-,15-,16?,17?/m1/s1. The lowest BCUT2D eigenvalue weighted by atomic mass is 9.99. The molecular weight excluding hydrogens is 412 g/mol. The first-order valence-corrected chi connectivity index (χ1v) is 9.59. The van der Waals surface area contributed by atoms with Gasteiger partial charge in [-0.05, 0) is 6.92 Å². The largest absolute Gasteiger partial charge is 0.394 e. The molecule has 0 saturated carbocycles. The summed E-state index contributed by atoms with van der Waals surface area (Å²) in [5.41, 5.74) is 0. The third kappa shape index (κ3) is 5.83. The molecule has 2 rings (SSSR count). The van der Waals surface area contributed by atoms with E-state index in [9.17, 15) is 40.9 Å². The van der Waals surface area contributed by atoms with Crippen molar-refractivity contribution in [1.29, 1.82) is 0 Å². The molecule has 3 unspecified atom stereocenters. The van der Waals surface area contributed by atoms with E-state index in [0.29, 0.717) is 0 Å². The number of hydrogen-bond donors (Lipinski definition) is 8. The van der Waals surface area contributed by atoms with Gasteiger partial charge in [-0.2, -0.15) is 0 Å². The van der Waals surface area contributed by atoms with Crippen LogP contribution in [0.3, 0.4) is 0 Å². The Morgan fingerprint density at radius 1 is 0.700 bits per heavy atom. The molecule has 0 amide bonds. The van der Waals surface area contributed by atoms with Crippen LogP contribution in [0.5, 0.6) is 0 Å². The SMILES string of the molecule is COC(C)CC(OC1O[C@H](CO)[C@@H](O)[C@H](O)[C@H]1O)OC1O[C@H](CO)[C@@H](O)[C@H](O)[C@H]1O. The van der Waals surface area contributed by atoms with Crippen molar-refractivity contribution in [1.82, 2.24) is 0 Å². The number of aliphatic hydroxyl groups excluding tert-OH is 8. The molecule has 178 valence electrons. The quantitative estimate of drug-likeness (QED) is 0.158. The normalized spacial score (nSPS) is 44.6. The minimum Gasteiger partial charge on any atom is -0.394 e. The maximum Gasteiger partial charge on any atom is 0.189 e. The van der Waals surface area contributed by atoms with E-state index < -0.39 is 87.0 Å². The molecule has 13 nitrogen and oxygen atoms in total. The van der Waals surface area contributed by atoms with Gasteiger partial charge in [-0.15, -0.1) is 0 Å². The topological polar surface area (TPSA) is 208 Å². The molecule has 2 fully saturated rings. The molecular formula is C17H32O13. The zero-order valence-electron chi connectivity index (χ0n) is 16.7. The van der Waals surface area contributed by atoms with Crippen LogP contribution in [0.1, 0.15) is 13.3 Å². The Morgan fingerprint density at radius 3 is 1.43 bits per heavy atom. The van der Waals surface area contributed by atoms with Crippen molar-refractivity contribution in [2.45, 2.75) is 87.2 Å². The van der Waals surface area contributed by atoms with Crippen molar-refractivity contribution in [2.75, 3.05) is 20.3 Å². The molecule has 11 atom stereocenters. The smallest absolute Gasteiger partial charge is 0.189 e. The van der Waals surface area contributed by atoms with Crippen molar-refractivity contribution in [3.05, 3.63) is 0 Å². The molecule has 30 heavy (non-hydrogen) atoms. The molecule has 0 spiro atoms. The summed E-state index contributed by atoms with van der Waals surface area (Å²) >= 11 is 0. The van der Waals surface area contributed by atoms with Crippen LogP contribution in [0.4, 0.5) is 0 Å². The second kappa shape index (κ2) is 11.4.